The van der Waals surface area contributed by atoms with E-state index in [1.165, 1.54) is 42.5 Å². The number of hydrogen-bond acceptors (Lipinski definition) is 3. The van der Waals surface area contributed by atoms with E-state index >= 15 is 0 Å². The molecule has 0 aromatic heterocycles. The summed E-state index contributed by atoms with van der Waals surface area (Å²) in [6.07, 6.45) is 0. The summed E-state index contributed by atoms with van der Waals surface area (Å²) in [4.78, 5) is 22.5. The lowest BCUT2D eigenvalue weighted by atomic mass is 10.2. The second-order valence-electron chi connectivity index (χ2n) is 4.24. The van der Waals surface area contributed by atoms with Crippen molar-refractivity contribution in [2.24, 2.45) is 5.73 Å². The van der Waals surface area contributed by atoms with Crippen LogP contribution in [0.3, 0.4) is 0 Å². The molecule has 0 saturated heterocycles. The molecule has 2 aromatic carbocycles. The summed E-state index contributed by atoms with van der Waals surface area (Å²) >= 11 is 0. The molecule has 5 nitrogen and oxygen atoms in total. The van der Waals surface area contributed by atoms with Gasteiger partial charge in [0.1, 0.15) is 11.6 Å². The molecule has 0 spiro atoms. The summed E-state index contributed by atoms with van der Waals surface area (Å²) in [7, 11) is 0. The largest absolute Gasteiger partial charge is 0.484 e. The van der Waals surface area contributed by atoms with Gasteiger partial charge in [0.05, 0.1) is 0 Å². The van der Waals surface area contributed by atoms with Crippen molar-refractivity contribution in [1.82, 2.24) is 0 Å². The van der Waals surface area contributed by atoms with Gasteiger partial charge in [-0.1, -0.05) is 6.07 Å². The van der Waals surface area contributed by atoms with Crippen LogP contribution in [0.5, 0.6) is 5.75 Å². The number of nitrogens with one attached hydrogen (secondary N) is 1. The van der Waals surface area contributed by atoms with Gasteiger partial charge in [-0.15, -0.1) is 0 Å². The van der Waals surface area contributed by atoms with E-state index in [2.05, 4.69) is 5.32 Å². The molecular weight excluding hydrogens is 275 g/mol. The highest BCUT2D eigenvalue weighted by molar-refractivity contribution is 5.93. The lowest BCUT2D eigenvalue weighted by Gasteiger charge is -2.08. The van der Waals surface area contributed by atoms with Gasteiger partial charge in [-0.05, 0) is 42.5 Å². The normalized spacial score (nSPS) is 9.95. The number of carbonyl (C=O) groups is 2. The minimum absolute atomic E-state index is 0.230. The molecule has 0 unspecified atom stereocenters. The van der Waals surface area contributed by atoms with Crippen molar-refractivity contribution < 1.29 is 18.7 Å². The predicted octanol–water partition coefficient (Wildman–Crippen LogP) is 1.94. The fourth-order valence-electron chi connectivity index (χ4n) is 1.63. The van der Waals surface area contributed by atoms with Crippen LogP contribution in [0.4, 0.5) is 10.1 Å². The maximum atomic E-state index is 13.0. The lowest BCUT2D eigenvalue weighted by Crippen LogP contribution is -2.20. The number of anilines is 1. The Hall–Kier alpha value is -2.89. The quantitative estimate of drug-likeness (QED) is 0.882. The molecule has 0 radical (unpaired) electrons. The number of rotatable bonds is 5. The van der Waals surface area contributed by atoms with E-state index in [9.17, 15) is 14.0 Å². The van der Waals surface area contributed by atoms with E-state index in [1.807, 2.05) is 0 Å². The number of amides is 2. The zero-order valence-corrected chi connectivity index (χ0v) is 11.0. The van der Waals surface area contributed by atoms with Gasteiger partial charge >= 0.3 is 0 Å². The summed E-state index contributed by atoms with van der Waals surface area (Å²) in [5.41, 5.74) is 5.82. The van der Waals surface area contributed by atoms with Crippen molar-refractivity contribution >= 4 is 17.5 Å². The summed E-state index contributed by atoms with van der Waals surface area (Å²) in [5.74, 6) is -0.963. The van der Waals surface area contributed by atoms with Crippen LogP contribution in [0.15, 0.2) is 48.5 Å². The zero-order chi connectivity index (χ0) is 15.2. The Morgan fingerprint density at radius 3 is 2.48 bits per heavy atom. The maximum absolute atomic E-state index is 13.0. The monoisotopic (exact) mass is 288 g/mol. The number of carbonyl (C=O) groups excluding carboxylic acids is 2. The van der Waals surface area contributed by atoms with Gasteiger partial charge in [0.15, 0.2) is 6.61 Å². The Morgan fingerprint density at radius 1 is 1.14 bits per heavy atom. The smallest absolute Gasteiger partial charge is 0.262 e. The zero-order valence-electron chi connectivity index (χ0n) is 11.0. The molecule has 3 N–H and O–H groups in total. The molecule has 0 bridgehead atoms. The van der Waals surface area contributed by atoms with Gasteiger partial charge in [-0.2, -0.15) is 0 Å². The fraction of sp³-hybridized carbons (Fsp3) is 0.0667. The van der Waals surface area contributed by atoms with Crippen molar-refractivity contribution in [3.63, 3.8) is 0 Å². The van der Waals surface area contributed by atoms with Gasteiger partial charge in [-0.25, -0.2) is 4.39 Å². The molecule has 0 saturated carbocycles. The SMILES string of the molecule is NC(=O)c1ccc(OCC(=O)Nc2cccc(F)c2)cc1. The first kappa shape index (κ1) is 14.5. The Morgan fingerprint density at radius 2 is 1.86 bits per heavy atom. The highest BCUT2D eigenvalue weighted by Crippen LogP contribution is 2.12. The van der Waals surface area contributed by atoms with Gasteiger partial charge in [0.25, 0.3) is 5.91 Å². The number of benzene rings is 2. The third-order valence-electron chi connectivity index (χ3n) is 2.62. The average molecular weight is 288 g/mol. The Balaban J connectivity index is 1.87. The van der Waals surface area contributed by atoms with Crippen LogP contribution in [0.2, 0.25) is 0 Å². The molecule has 2 rings (SSSR count). The first-order chi connectivity index (χ1) is 10.0. The molecule has 0 aliphatic heterocycles. The number of nitrogens with two attached hydrogens (primary N) is 1. The van der Waals surface area contributed by atoms with Crippen molar-refractivity contribution in [3.05, 3.63) is 59.9 Å². The number of ether oxygens (including phenoxy) is 1. The molecule has 0 atom stereocenters. The second-order valence-corrected chi connectivity index (χ2v) is 4.24. The van der Waals surface area contributed by atoms with Crippen LogP contribution in [-0.4, -0.2) is 18.4 Å². The number of hydrogen-bond donors (Lipinski definition) is 2. The minimum atomic E-state index is -0.537. The van der Waals surface area contributed by atoms with Crippen LogP contribution >= 0.6 is 0 Å². The third kappa shape index (κ3) is 4.31. The minimum Gasteiger partial charge on any atom is -0.484 e. The van der Waals surface area contributed by atoms with Crippen LogP contribution in [0, 0.1) is 5.82 Å². The highest BCUT2D eigenvalue weighted by atomic mass is 19.1. The van der Waals surface area contributed by atoms with Crippen LogP contribution in [0.1, 0.15) is 10.4 Å². The van der Waals surface area contributed by atoms with Crippen molar-refractivity contribution in [2.75, 3.05) is 11.9 Å². The molecule has 0 heterocycles. The lowest BCUT2D eigenvalue weighted by molar-refractivity contribution is -0.118. The Kier molecular flexibility index (Phi) is 4.50. The average Bonchev–Trinajstić information content (AvgIpc) is 2.45. The van der Waals surface area contributed by atoms with Gasteiger partial charge in [0, 0.05) is 11.3 Å². The van der Waals surface area contributed by atoms with E-state index in [0.29, 0.717) is 17.0 Å². The summed E-state index contributed by atoms with van der Waals surface area (Å²) in [6.45, 7) is -0.230. The maximum Gasteiger partial charge on any atom is 0.262 e. The fourth-order valence-corrected chi connectivity index (χ4v) is 1.63. The molecule has 2 amide bonds. The molecule has 6 heteroatoms. The van der Waals surface area contributed by atoms with E-state index < -0.39 is 17.6 Å². The highest BCUT2D eigenvalue weighted by Gasteiger charge is 2.05. The molecule has 0 aliphatic rings. The van der Waals surface area contributed by atoms with Crippen molar-refractivity contribution in [3.8, 4) is 5.75 Å². The summed E-state index contributed by atoms with van der Waals surface area (Å²) in [6, 6.07) is 11.6. The molecule has 2 aromatic rings. The van der Waals surface area contributed by atoms with E-state index in [-0.39, 0.29) is 6.61 Å². The summed E-state index contributed by atoms with van der Waals surface area (Å²) < 4.78 is 18.2. The number of primary amides is 1. The van der Waals surface area contributed by atoms with Gasteiger partial charge < -0.3 is 15.8 Å². The molecule has 21 heavy (non-hydrogen) atoms. The van der Waals surface area contributed by atoms with Gasteiger partial charge in [0.2, 0.25) is 5.91 Å². The van der Waals surface area contributed by atoms with Crippen LogP contribution < -0.4 is 15.8 Å². The third-order valence-corrected chi connectivity index (χ3v) is 2.62. The Labute approximate surface area is 120 Å². The standard InChI is InChI=1S/C15H13FN2O3/c16-11-2-1-3-12(8-11)18-14(19)9-21-13-6-4-10(5-7-13)15(17)20/h1-8H,9H2,(H2,17,20)(H,18,19). The molecule has 0 aliphatic carbocycles. The van der Waals surface area contributed by atoms with Crippen LogP contribution in [0.25, 0.3) is 0 Å². The first-order valence-corrected chi connectivity index (χ1v) is 6.12. The molecule has 108 valence electrons. The topological polar surface area (TPSA) is 81.4 Å². The first-order valence-electron chi connectivity index (χ1n) is 6.12. The van der Waals surface area contributed by atoms with Gasteiger partial charge in [-0.3, -0.25) is 9.59 Å². The molecule has 0 fully saturated rings. The van der Waals surface area contributed by atoms with Crippen molar-refractivity contribution in [2.45, 2.75) is 0 Å². The summed E-state index contributed by atoms with van der Waals surface area (Å²) in [5, 5.41) is 2.50. The van der Waals surface area contributed by atoms with E-state index in [1.54, 1.807) is 6.07 Å². The predicted molar refractivity (Wildman–Crippen MR) is 75.5 cm³/mol. The van der Waals surface area contributed by atoms with E-state index in [4.69, 9.17) is 10.5 Å². The Bertz CT molecular complexity index is 656. The second kappa shape index (κ2) is 6.51. The van der Waals surface area contributed by atoms with E-state index in [0.717, 1.165) is 0 Å². The van der Waals surface area contributed by atoms with Crippen LogP contribution in [-0.2, 0) is 4.79 Å². The van der Waals surface area contributed by atoms with Crippen molar-refractivity contribution in [1.29, 1.82) is 0 Å². The molecular formula is C15H13FN2O3. The number of halogens is 1.